The maximum atomic E-state index is 12.6. The number of ether oxygens (including phenoxy) is 3. The molecule has 158 valence electrons. The largest absolute Gasteiger partial charge is 0.481 e. The predicted molar refractivity (Wildman–Crippen MR) is 106 cm³/mol. The number of benzene rings is 1. The van der Waals surface area contributed by atoms with Crippen molar-refractivity contribution in [2.45, 2.75) is 11.8 Å². The van der Waals surface area contributed by atoms with E-state index in [0.717, 1.165) is 0 Å². The summed E-state index contributed by atoms with van der Waals surface area (Å²) in [5, 5.41) is 11.7. The van der Waals surface area contributed by atoms with E-state index in [-0.39, 0.29) is 34.8 Å². The fourth-order valence-corrected chi connectivity index (χ4v) is 3.07. The van der Waals surface area contributed by atoms with E-state index in [1.807, 2.05) is 0 Å². The number of hydrogen-bond donors (Lipinski definition) is 2. The van der Waals surface area contributed by atoms with E-state index < -0.39 is 16.0 Å². The van der Waals surface area contributed by atoms with Gasteiger partial charge in [0.2, 0.25) is 5.88 Å². The number of nitrogens with zero attached hydrogens (tertiary/aromatic N) is 3. The summed E-state index contributed by atoms with van der Waals surface area (Å²) in [6.45, 7) is 1.77. The van der Waals surface area contributed by atoms with E-state index in [4.69, 9.17) is 19.5 Å². The molecule has 11 nitrogen and oxygen atoms in total. The van der Waals surface area contributed by atoms with Gasteiger partial charge in [0.05, 0.1) is 25.7 Å². The summed E-state index contributed by atoms with van der Waals surface area (Å²) in [6.07, 6.45) is 1.18. The van der Waals surface area contributed by atoms with Crippen LogP contribution in [-0.2, 0) is 19.6 Å². The minimum absolute atomic E-state index is 0.0306. The van der Waals surface area contributed by atoms with Gasteiger partial charge in [-0.2, -0.15) is 15.2 Å². The van der Waals surface area contributed by atoms with Crippen LogP contribution in [0.2, 0.25) is 0 Å². The molecule has 0 saturated carbocycles. The Balaban J connectivity index is 2.17. The van der Waals surface area contributed by atoms with Crippen LogP contribution in [0, 0.1) is 11.3 Å². The molecule has 0 atom stereocenters. The molecular weight excluding hydrogens is 414 g/mol. The van der Waals surface area contributed by atoms with Crippen LogP contribution in [0.15, 0.2) is 47.0 Å². The van der Waals surface area contributed by atoms with E-state index in [0.29, 0.717) is 5.69 Å². The smallest absolute Gasteiger partial charge is 0.350 e. The monoisotopic (exact) mass is 433 g/mol. The second-order valence-electron chi connectivity index (χ2n) is 5.45. The highest BCUT2D eigenvalue weighted by atomic mass is 32.2. The van der Waals surface area contributed by atoms with E-state index >= 15 is 0 Å². The Kier molecular flexibility index (Phi) is 7.54. The summed E-state index contributed by atoms with van der Waals surface area (Å²) in [4.78, 5) is 19.3. The second kappa shape index (κ2) is 10.1. The standard InChI is InChI=1S/C18H19N5O6S/c1-4-29-17(24)12(10-19)11-20-13-5-7-14(8-6-13)30(25,26)23-15-9-16(27-2)22-18(21-15)28-3/h5-9,11,20H,4H2,1-3H3,(H,21,22,23)/b12-11+. The molecule has 1 heterocycles. The first kappa shape index (κ1) is 22.4. The SMILES string of the molecule is CCOC(=O)/C(C#N)=C/Nc1ccc(S(=O)(=O)Nc2cc(OC)nc(OC)n2)cc1. The van der Waals surface area contributed by atoms with Crippen LogP contribution in [0.25, 0.3) is 0 Å². The molecule has 1 aromatic heterocycles. The van der Waals surface area contributed by atoms with Gasteiger partial charge in [-0.25, -0.2) is 13.2 Å². The molecule has 0 spiro atoms. The molecule has 2 rings (SSSR count). The Labute approximate surface area is 173 Å². The molecule has 0 aliphatic rings. The molecule has 2 N–H and O–H groups in total. The fraction of sp³-hybridized carbons (Fsp3) is 0.222. The number of anilines is 2. The highest BCUT2D eigenvalue weighted by Crippen LogP contribution is 2.21. The number of carbonyl (C=O) groups excluding carboxylic acids is 1. The molecule has 30 heavy (non-hydrogen) atoms. The van der Waals surface area contributed by atoms with Gasteiger partial charge in [-0.05, 0) is 31.2 Å². The molecule has 0 radical (unpaired) electrons. The molecule has 0 fully saturated rings. The van der Waals surface area contributed by atoms with Gasteiger partial charge in [0, 0.05) is 18.0 Å². The van der Waals surface area contributed by atoms with Gasteiger partial charge in [-0.1, -0.05) is 0 Å². The zero-order valence-electron chi connectivity index (χ0n) is 16.4. The summed E-state index contributed by atoms with van der Waals surface area (Å²) < 4.78 is 42.2. The van der Waals surface area contributed by atoms with Crippen molar-refractivity contribution >= 4 is 27.5 Å². The van der Waals surface area contributed by atoms with E-state index in [1.54, 1.807) is 13.0 Å². The maximum absolute atomic E-state index is 12.6. The van der Waals surface area contributed by atoms with Crippen LogP contribution in [-0.4, -0.2) is 45.2 Å². The highest BCUT2D eigenvalue weighted by molar-refractivity contribution is 7.92. The lowest BCUT2D eigenvalue weighted by Crippen LogP contribution is -2.14. The number of nitriles is 1. The van der Waals surface area contributed by atoms with Gasteiger partial charge in [0.25, 0.3) is 10.0 Å². The molecule has 12 heteroatoms. The predicted octanol–water partition coefficient (Wildman–Crippen LogP) is 1.68. The van der Waals surface area contributed by atoms with Crippen LogP contribution in [0.5, 0.6) is 11.9 Å². The first-order chi connectivity index (χ1) is 14.3. The minimum Gasteiger partial charge on any atom is -0.481 e. The summed E-state index contributed by atoms with van der Waals surface area (Å²) in [5.74, 6) is -0.663. The number of sulfonamides is 1. The maximum Gasteiger partial charge on any atom is 0.350 e. The van der Waals surface area contributed by atoms with E-state index in [1.165, 1.54) is 50.8 Å². The topological polar surface area (TPSA) is 153 Å². The van der Waals surface area contributed by atoms with E-state index in [2.05, 4.69) is 20.0 Å². The van der Waals surface area contributed by atoms with Crippen molar-refractivity contribution in [3.63, 3.8) is 0 Å². The van der Waals surface area contributed by atoms with E-state index in [9.17, 15) is 13.2 Å². The van der Waals surface area contributed by atoms with Crippen LogP contribution in [0.4, 0.5) is 11.5 Å². The molecule has 0 aliphatic heterocycles. The van der Waals surface area contributed by atoms with Gasteiger partial charge in [-0.3, -0.25) is 4.72 Å². The lowest BCUT2D eigenvalue weighted by atomic mass is 10.3. The zero-order valence-corrected chi connectivity index (χ0v) is 17.2. The number of methoxy groups -OCH3 is 2. The molecule has 0 unspecified atom stereocenters. The van der Waals surface area contributed by atoms with Crippen molar-refractivity contribution in [2.75, 3.05) is 30.9 Å². The minimum atomic E-state index is -3.96. The first-order valence-electron chi connectivity index (χ1n) is 8.46. The van der Waals surface area contributed by atoms with Gasteiger partial charge in [0.15, 0.2) is 11.4 Å². The molecular formula is C18H19N5O6S. The van der Waals surface area contributed by atoms with Crippen molar-refractivity contribution in [1.82, 2.24) is 9.97 Å². The number of nitrogens with one attached hydrogen (secondary N) is 2. The number of aromatic nitrogens is 2. The molecule has 0 saturated heterocycles. The van der Waals surface area contributed by atoms with Crippen molar-refractivity contribution < 1.29 is 27.4 Å². The Morgan fingerprint density at radius 3 is 2.47 bits per heavy atom. The molecule has 0 bridgehead atoms. The van der Waals surface area contributed by atoms with Gasteiger partial charge >= 0.3 is 12.0 Å². The first-order valence-corrected chi connectivity index (χ1v) is 9.95. The third kappa shape index (κ3) is 5.82. The van der Waals surface area contributed by atoms with Crippen molar-refractivity contribution in [1.29, 1.82) is 5.26 Å². The van der Waals surface area contributed by atoms with Crippen LogP contribution < -0.4 is 19.5 Å². The lowest BCUT2D eigenvalue weighted by Gasteiger charge is -2.10. The number of esters is 1. The third-order valence-corrected chi connectivity index (χ3v) is 4.85. The van der Waals surface area contributed by atoms with Crippen LogP contribution in [0.3, 0.4) is 0 Å². The number of carbonyl (C=O) groups is 1. The Morgan fingerprint density at radius 1 is 1.20 bits per heavy atom. The summed E-state index contributed by atoms with van der Waals surface area (Å²) in [5.41, 5.74) is 0.234. The lowest BCUT2D eigenvalue weighted by molar-refractivity contribution is -0.138. The Hall–Kier alpha value is -3.85. The average Bonchev–Trinajstić information content (AvgIpc) is 2.74. The van der Waals surface area contributed by atoms with Crippen LogP contribution in [0.1, 0.15) is 6.92 Å². The van der Waals surface area contributed by atoms with Gasteiger partial charge < -0.3 is 19.5 Å². The normalized spacial score (nSPS) is 11.2. The average molecular weight is 433 g/mol. The summed E-state index contributed by atoms with van der Waals surface area (Å²) in [6, 6.07) is 8.57. The van der Waals surface area contributed by atoms with Crippen LogP contribution >= 0.6 is 0 Å². The molecule has 0 aliphatic carbocycles. The van der Waals surface area contributed by atoms with Gasteiger partial charge in [-0.15, -0.1) is 0 Å². The highest BCUT2D eigenvalue weighted by Gasteiger charge is 2.17. The molecule has 2 aromatic rings. The molecule has 1 aromatic carbocycles. The van der Waals surface area contributed by atoms with Crippen molar-refractivity contribution in [3.05, 3.63) is 42.1 Å². The summed E-state index contributed by atoms with van der Waals surface area (Å²) >= 11 is 0. The van der Waals surface area contributed by atoms with Crippen molar-refractivity contribution in [2.24, 2.45) is 0 Å². The fourth-order valence-electron chi connectivity index (χ4n) is 2.08. The number of hydrogen-bond acceptors (Lipinski definition) is 10. The summed E-state index contributed by atoms with van der Waals surface area (Å²) in [7, 11) is -1.24. The Morgan fingerprint density at radius 2 is 1.90 bits per heavy atom. The molecule has 0 amide bonds. The quantitative estimate of drug-likeness (QED) is 0.339. The Bertz CT molecular complexity index is 1050. The second-order valence-corrected chi connectivity index (χ2v) is 7.13. The third-order valence-electron chi connectivity index (χ3n) is 3.48. The van der Waals surface area contributed by atoms with Gasteiger partial charge in [0.1, 0.15) is 6.07 Å². The zero-order chi connectivity index (χ0) is 22.1. The van der Waals surface area contributed by atoms with Crippen molar-refractivity contribution in [3.8, 4) is 18.0 Å². The number of rotatable bonds is 9.